The Balaban J connectivity index is 2.90. The normalized spacial score (nSPS) is 23.1. The van der Waals surface area contributed by atoms with Crippen molar-refractivity contribution in [2.24, 2.45) is 0 Å². The maximum Gasteiger partial charge on any atom is 0.320 e. The molecule has 2 atom stereocenters. The van der Waals surface area contributed by atoms with Crippen LogP contribution in [0.15, 0.2) is 0 Å². The van der Waals surface area contributed by atoms with Gasteiger partial charge in [-0.1, -0.05) is 6.92 Å². The summed E-state index contributed by atoms with van der Waals surface area (Å²) in [6, 6.07) is -1.07. The molecule has 2 amide bonds. The minimum Gasteiger partial charge on any atom is -0.481 e. The molecule has 8 heteroatoms. The van der Waals surface area contributed by atoms with Crippen molar-refractivity contribution >= 4 is 21.8 Å². The molecule has 1 aliphatic heterocycles. The lowest BCUT2D eigenvalue weighted by molar-refractivity contribution is -0.138. The molecular formula is C12H22N2O5S. The van der Waals surface area contributed by atoms with Gasteiger partial charge in [0.15, 0.2) is 9.84 Å². The molecule has 0 spiro atoms. The van der Waals surface area contributed by atoms with E-state index in [1.807, 2.05) is 13.8 Å². The predicted octanol–water partition coefficient (Wildman–Crippen LogP) is 0.410. The predicted molar refractivity (Wildman–Crippen MR) is 74.3 cm³/mol. The van der Waals surface area contributed by atoms with Crippen molar-refractivity contribution < 1.29 is 23.1 Å². The highest BCUT2D eigenvalue weighted by Crippen LogP contribution is 2.18. The molecule has 1 rings (SSSR count). The van der Waals surface area contributed by atoms with Crippen molar-refractivity contribution in [3.8, 4) is 0 Å². The molecule has 116 valence electrons. The maximum absolute atomic E-state index is 12.4. The van der Waals surface area contributed by atoms with E-state index >= 15 is 0 Å². The Bertz CT molecular complexity index is 476. The second kappa shape index (κ2) is 6.43. The molecule has 0 radical (unpaired) electrons. The smallest absolute Gasteiger partial charge is 0.320 e. The minimum absolute atomic E-state index is 0.0199. The number of sulfone groups is 1. The number of hydrogen-bond donors (Lipinski definition) is 1. The first-order valence-electron chi connectivity index (χ1n) is 6.63. The van der Waals surface area contributed by atoms with Gasteiger partial charge in [0.25, 0.3) is 0 Å². The van der Waals surface area contributed by atoms with E-state index < -0.39 is 21.8 Å². The fraction of sp³-hybridized carbons (Fsp3) is 0.833. The van der Waals surface area contributed by atoms with Gasteiger partial charge in [-0.05, 0) is 13.3 Å². The molecule has 1 saturated heterocycles. The fourth-order valence-electron chi connectivity index (χ4n) is 2.17. The Hall–Kier alpha value is -1.31. The third-order valence-corrected chi connectivity index (χ3v) is 5.44. The molecule has 0 aromatic heterocycles. The lowest BCUT2D eigenvalue weighted by Gasteiger charge is -2.38. The number of rotatable bonds is 4. The van der Waals surface area contributed by atoms with Crippen LogP contribution in [-0.2, 0) is 14.6 Å². The van der Waals surface area contributed by atoms with E-state index in [-0.39, 0.29) is 36.5 Å². The van der Waals surface area contributed by atoms with E-state index in [4.69, 9.17) is 5.11 Å². The quantitative estimate of drug-likeness (QED) is 0.811. The number of carboxylic acid groups (broad SMARTS) is 1. The van der Waals surface area contributed by atoms with Crippen molar-refractivity contribution in [2.45, 2.75) is 38.8 Å². The molecule has 0 aromatic carbocycles. The number of amides is 2. The van der Waals surface area contributed by atoms with Gasteiger partial charge in [-0.2, -0.15) is 0 Å². The minimum atomic E-state index is -3.27. The third-order valence-electron chi connectivity index (χ3n) is 3.74. The highest BCUT2D eigenvalue weighted by molar-refractivity contribution is 7.91. The molecule has 2 unspecified atom stereocenters. The number of carbonyl (C=O) groups is 2. The van der Waals surface area contributed by atoms with Gasteiger partial charge < -0.3 is 14.9 Å². The number of urea groups is 1. The lowest BCUT2D eigenvalue weighted by Crippen LogP contribution is -2.56. The van der Waals surface area contributed by atoms with Crippen molar-refractivity contribution in [2.75, 3.05) is 25.1 Å². The Labute approximate surface area is 119 Å². The average Bonchev–Trinajstić information content (AvgIpc) is 2.34. The summed E-state index contributed by atoms with van der Waals surface area (Å²) in [7, 11) is -1.62. The van der Waals surface area contributed by atoms with Crippen molar-refractivity contribution in [3.63, 3.8) is 0 Å². The largest absolute Gasteiger partial charge is 0.481 e. The fourth-order valence-corrected chi connectivity index (χ4v) is 3.70. The molecule has 1 heterocycles. The van der Waals surface area contributed by atoms with Gasteiger partial charge in [0.1, 0.15) is 0 Å². The summed E-state index contributed by atoms with van der Waals surface area (Å²) in [5.74, 6) is -1.49. The van der Waals surface area contributed by atoms with Crippen LogP contribution in [0.5, 0.6) is 0 Å². The Morgan fingerprint density at radius 2 is 2.05 bits per heavy atom. The summed E-state index contributed by atoms with van der Waals surface area (Å²) < 4.78 is 23.3. The Morgan fingerprint density at radius 3 is 2.55 bits per heavy atom. The number of hydrogen-bond acceptors (Lipinski definition) is 4. The van der Waals surface area contributed by atoms with Gasteiger partial charge in [0.2, 0.25) is 0 Å². The van der Waals surface area contributed by atoms with Crippen LogP contribution in [0.2, 0.25) is 0 Å². The summed E-state index contributed by atoms with van der Waals surface area (Å²) in [6.45, 7) is 3.90. The molecule has 1 aliphatic rings. The van der Waals surface area contributed by atoms with Crippen LogP contribution in [-0.4, -0.2) is 72.5 Å². The molecular weight excluding hydrogens is 284 g/mol. The highest BCUT2D eigenvalue weighted by Gasteiger charge is 2.37. The van der Waals surface area contributed by atoms with E-state index in [1.165, 1.54) is 9.80 Å². The molecule has 7 nitrogen and oxygen atoms in total. The second-order valence-electron chi connectivity index (χ2n) is 5.21. The summed E-state index contributed by atoms with van der Waals surface area (Å²) in [5.41, 5.74) is 0. The average molecular weight is 306 g/mol. The standard InChI is InChI=1S/C12H22N2O5S/c1-4-9(2)13(3)12(17)14-5-6-20(18,19)8-10(14)7-11(15)16/h9-10H,4-8H2,1-3H3,(H,15,16). The van der Waals surface area contributed by atoms with Gasteiger partial charge in [-0.25, -0.2) is 13.2 Å². The second-order valence-corrected chi connectivity index (χ2v) is 7.44. The Morgan fingerprint density at radius 1 is 1.45 bits per heavy atom. The number of aliphatic carboxylic acids is 1. The van der Waals surface area contributed by atoms with Crippen LogP contribution >= 0.6 is 0 Å². The van der Waals surface area contributed by atoms with E-state index in [9.17, 15) is 18.0 Å². The van der Waals surface area contributed by atoms with Crippen LogP contribution < -0.4 is 0 Å². The van der Waals surface area contributed by atoms with Crippen LogP contribution in [0.25, 0.3) is 0 Å². The number of carbonyl (C=O) groups excluding carboxylic acids is 1. The zero-order chi connectivity index (χ0) is 15.5. The highest BCUT2D eigenvalue weighted by atomic mass is 32.2. The summed E-state index contributed by atoms with van der Waals surface area (Å²) >= 11 is 0. The van der Waals surface area contributed by atoms with E-state index in [1.54, 1.807) is 7.05 Å². The molecule has 0 saturated carbocycles. The summed E-state index contributed by atoms with van der Waals surface area (Å²) in [5, 5.41) is 8.88. The van der Waals surface area contributed by atoms with Crippen LogP contribution in [0.3, 0.4) is 0 Å². The molecule has 1 N–H and O–H groups in total. The zero-order valence-corrected chi connectivity index (χ0v) is 12.9. The van der Waals surface area contributed by atoms with E-state index in [0.29, 0.717) is 0 Å². The van der Waals surface area contributed by atoms with Crippen LogP contribution in [0.4, 0.5) is 4.79 Å². The van der Waals surface area contributed by atoms with Gasteiger partial charge in [0, 0.05) is 19.6 Å². The SMILES string of the molecule is CCC(C)N(C)C(=O)N1CCS(=O)(=O)CC1CC(=O)O. The number of nitrogens with zero attached hydrogens (tertiary/aromatic N) is 2. The van der Waals surface area contributed by atoms with Crippen molar-refractivity contribution in [3.05, 3.63) is 0 Å². The summed E-state index contributed by atoms with van der Waals surface area (Å²) in [6.07, 6.45) is 0.428. The number of carboxylic acids is 1. The lowest BCUT2D eigenvalue weighted by atomic mass is 10.2. The van der Waals surface area contributed by atoms with Gasteiger partial charge >= 0.3 is 12.0 Å². The maximum atomic E-state index is 12.4. The van der Waals surface area contributed by atoms with Crippen LogP contribution in [0, 0.1) is 0 Å². The van der Waals surface area contributed by atoms with Gasteiger partial charge in [-0.15, -0.1) is 0 Å². The zero-order valence-electron chi connectivity index (χ0n) is 12.1. The first kappa shape index (κ1) is 16.7. The van der Waals surface area contributed by atoms with E-state index in [0.717, 1.165) is 6.42 Å². The van der Waals surface area contributed by atoms with Crippen molar-refractivity contribution in [1.29, 1.82) is 0 Å². The molecule has 1 fully saturated rings. The summed E-state index contributed by atoms with van der Waals surface area (Å²) in [4.78, 5) is 26.1. The monoisotopic (exact) mass is 306 g/mol. The van der Waals surface area contributed by atoms with Gasteiger partial charge in [0.05, 0.1) is 24.0 Å². The van der Waals surface area contributed by atoms with Crippen molar-refractivity contribution in [1.82, 2.24) is 9.80 Å². The third kappa shape index (κ3) is 4.09. The molecule has 0 aromatic rings. The Kier molecular flexibility index (Phi) is 5.38. The van der Waals surface area contributed by atoms with Gasteiger partial charge in [-0.3, -0.25) is 4.79 Å². The molecule has 20 heavy (non-hydrogen) atoms. The topological polar surface area (TPSA) is 95.0 Å². The molecule has 0 bridgehead atoms. The van der Waals surface area contributed by atoms with Crippen LogP contribution in [0.1, 0.15) is 26.7 Å². The van der Waals surface area contributed by atoms with E-state index in [2.05, 4.69) is 0 Å². The molecule has 0 aliphatic carbocycles. The first-order valence-corrected chi connectivity index (χ1v) is 8.45. The first-order chi connectivity index (χ1) is 9.18.